The van der Waals surface area contributed by atoms with Crippen molar-refractivity contribution in [2.24, 2.45) is 5.41 Å². The molecule has 2 aliphatic rings. The van der Waals surface area contributed by atoms with E-state index in [1.165, 1.54) is 10.5 Å². The highest BCUT2D eigenvalue weighted by atomic mass is 16.3. The lowest BCUT2D eigenvalue weighted by Crippen LogP contribution is -2.63. The summed E-state index contributed by atoms with van der Waals surface area (Å²) in [6.07, 6.45) is 3.45. The molecule has 0 spiro atoms. The summed E-state index contributed by atoms with van der Waals surface area (Å²) in [5.74, 6) is 0.0914. The number of aromatic nitrogens is 3. The lowest BCUT2D eigenvalue weighted by atomic mass is 9.62. The number of aromatic amines is 1. The number of nitrogens with zero attached hydrogens (tertiary/aromatic N) is 4. The lowest BCUT2D eigenvalue weighted by molar-refractivity contribution is -0.127. The number of H-pyrrole nitrogens is 1. The maximum absolute atomic E-state index is 12.4. The third kappa shape index (κ3) is 4.08. The number of imide groups is 1. The molecule has 0 bridgehead atoms. The molecule has 4 heterocycles. The van der Waals surface area contributed by atoms with E-state index in [-0.39, 0.29) is 19.0 Å². The van der Waals surface area contributed by atoms with Gasteiger partial charge in [0.05, 0.1) is 17.9 Å². The molecule has 3 aromatic rings. The van der Waals surface area contributed by atoms with Crippen LogP contribution in [-0.2, 0) is 16.9 Å². The van der Waals surface area contributed by atoms with Crippen molar-refractivity contribution in [3.8, 4) is 11.3 Å². The van der Waals surface area contributed by atoms with Crippen LogP contribution in [0.4, 0.5) is 4.79 Å². The molecule has 0 saturated carbocycles. The predicted octanol–water partition coefficient (Wildman–Crippen LogP) is 2.83. The molecule has 2 fully saturated rings. The fourth-order valence-electron chi connectivity index (χ4n) is 5.53. The van der Waals surface area contributed by atoms with E-state index in [4.69, 9.17) is 0 Å². The van der Waals surface area contributed by atoms with Crippen LogP contribution >= 0.6 is 0 Å². The van der Waals surface area contributed by atoms with Gasteiger partial charge in [0.2, 0.25) is 5.91 Å². The van der Waals surface area contributed by atoms with E-state index < -0.39 is 17.0 Å². The summed E-state index contributed by atoms with van der Waals surface area (Å²) < 4.78 is 0. The second-order valence-electron chi connectivity index (χ2n) is 10.7. The summed E-state index contributed by atoms with van der Waals surface area (Å²) in [6.45, 7) is 8.21. The average Bonchev–Trinajstić information content (AvgIpc) is 3.43. The number of rotatable bonds is 7. The van der Waals surface area contributed by atoms with Crippen molar-refractivity contribution in [3.63, 3.8) is 0 Å². The van der Waals surface area contributed by atoms with Gasteiger partial charge >= 0.3 is 6.03 Å². The molecular weight excluding hydrogens is 456 g/mol. The summed E-state index contributed by atoms with van der Waals surface area (Å²) in [7, 11) is 2.05. The van der Waals surface area contributed by atoms with Gasteiger partial charge in [-0.1, -0.05) is 45.0 Å². The van der Waals surface area contributed by atoms with Gasteiger partial charge in [-0.05, 0) is 36.2 Å². The Kier molecular flexibility index (Phi) is 5.92. The molecule has 2 aliphatic heterocycles. The third-order valence-corrected chi connectivity index (χ3v) is 7.42. The Balaban J connectivity index is 1.49. The Morgan fingerprint density at radius 1 is 1.11 bits per heavy atom. The monoisotopic (exact) mass is 488 g/mol. The molecule has 0 radical (unpaired) electrons. The van der Waals surface area contributed by atoms with Gasteiger partial charge in [-0.25, -0.2) is 4.79 Å². The van der Waals surface area contributed by atoms with E-state index in [0.29, 0.717) is 22.9 Å². The summed E-state index contributed by atoms with van der Waals surface area (Å²) in [4.78, 5) is 31.5. The number of pyridine rings is 1. The molecule has 36 heavy (non-hydrogen) atoms. The van der Waals surface area contributed by atoms with Gasteiger partial charge in [-0.2, -0.15) is 5.10 Å². The second-order valence-corrected chi connectivity index (χ2v) is 10.7. The van der Waals surface area contributed by atoms with Crippen LogP contribution in [0.2, 0.25) is 0 Å². The molecular formula is C27H32N6O3. The molecule has 1 aromatic carbocycles. The van der Waals surface area contributed by atoms with Crippen LogP contribution in [0.25, 0.3) is 11.3 Å². The van der Waals surface area contributed by atoms with Gasteiger partial charge in [-0.15, -0.1) is 0 Å². The first-order valence-corrected chi connectivity index (χ1v) is 12.2. The Labute approximate surface area is 210 Å². The van der Waals surface area contributed by atoms with Crippen molar-refractivity contribution in [2.75, 3.05) is 26.7 Å². The molecule has 2 aromatic heterocycles. The Bertz CT molecular complexity index is 1290. The zero-order valence-corrected chi connectivity index (χ0v) is 21.1. The first-order chi connectivity index (χ1) is 17.1. The number of hydrogen-bond donors (Lipinski definition) is 3. The number of amides is 3. The van der Waals surface area contributed by atoms with Gasteiger partial charge in [0.25, 0.3) is 0 Å². The number of carbonyl (C=O) groups is 2. The number of likely N-dealkylation sites (tertiary alicyclic amines) is 1. The second kappa shape index (κ2) is 8.83. The van der Waals surface area contributed by atoms with E-state index in [1.54, 1.807) is 12.4 Å². The Hall–Kier alpha value is -3.56. The van der Waals surface area contributed by atoms with E-state index >= 15 is 0 Å². The average molecular weight is 489 g/mol. The summed E-state index contributed by atoms with van der Waals surface area (Å²) in [6, 6.07) is 11.6. The van der Waals surface area contributed by atoms with Gasteiger partial charge < -0.3 is 14.9 Å². The highest BCUT2D eigenvalue weighted by Crippen LogP contribution is 2.50. The zero-order valence-electron chi connectivity index (χ0n) is 21.1. The molecule has 0 unspecified atom stereocenters. The summed E-state index contributed by atoms with van der Waals surface area (Å²) in [5, 5.41) is 22.1. The van der Waals surface area contributed by atoms with Gasteiger partial charge in [0.1, 0.15) is 12.1 Å². The minimum absolute atomic E-state index is 0.0277. The smallest absolute Gasteiger partial charge is 0.324 e. The lowest BCUT2D eigenvalue weighted by Gasteiger charge is -2.55. The van der Waals surface area contributed by atoms with Crippen molar-refractivity contribution < 1.29 is 14.7 Å². The molecule has 188 valence electrons. The Morgan fingerprint density at radius 3 is 2.44 bits per heavy atom. The Morgan fingerprint density at radius 2 is 1.83 bits per heavy atom. The highest BCUT2D eigenvalue weighted by molar-refractivity contribution is 6.01. The van der Waals surface area contributed by atoms with Crippen LogP contribution in [0.15, 0.2) is 48.8 Å². The normalized spacial score (nSPS) is 19.3. The van der Waals surface area contributed by atoms with Crippen molar-refractivity contribution >= 4 is 11.9 Å². The van der Waals surface area contributed by atoms with Gasteiger partial charge in [0, 0.05) is 42.0 Å². The number of urea groups is 1. The quantitative estimate of drug-likeness (QED) is 0.441. The van der Waals surface area contributed by atoms with E-state index in [2.05, 4.69) is 65.3 Å². The standard InChI is InChI=1S/C27H32N6O3/c1-17(2)18-5-7-20(8-6-18)27(36,26(3)15-32(4)16-26)21-9-19(11-28-12-21)23-10-22(30-31-23)13-33-14-24(34)29-25(33)35/h5-12,17,36H,13-16H2,1-4H3,(H,30,31)(H,29,34,35)/t27-/m0/s1. The minimum Gasteiger partial charge on any atom is -0.380 e. The third-order valence-electron chi connectivity index (χ3n) is 7.42. The van der Waals surface area contributed by atoms with Crippen LogP contribution in [-0.4, -0.2) is 68.7 Å². The molecule has 2 saturated heterocycles. The van der Waals surface area contributed by atoms with E-state index in [1.807, 2.05) is 24.3 Å². The van der Waals surface area contributed by atoms with Crippen LogP contribution in [0.1, 0.15) is 49.1 Å². The number of carbonyl (C=O) groups excluding carboxylic acids is 2. The first-order valence-electron chi connectivity index (χ1n) is 12.2. The fraction of sp³-hybridized carbons (Fsp3) is 0.407. The van der Waals surface area contributed by atoms with Crippen LogP contribution in [0.3, 0.4) is 0 Å². The minimum atomic E-state index is -1.24. The zero-order chi connectivity index (χ0) is 25.7. The molecule has 9 heteroatoms. The predicted molar refractivity (Wildman–Crippen MR) is 135 cm³/mol. The molecule has 3 amide bonds. The van der Waals surface area contributed by atoms with Gasteiger partial charge in [-0.3, -0.25) is 20.2 Å². The van der Waals surface area contributed by atoms with Crippen molar-refractivity contribution in [2.45, 2.75) is 38.8 Å². The van der Waals surface area contributed by atoms with Crippen LogP contribution < -0.4 is 5.32 Å². The number of aliphatic hydroxyl groups is 1. The maximum atomic E-state index is 12.4. The van der Waals surface area contributed by atoms with E-state index in [9.17, 15) is 14.7 Å². The van der Waals surface area contributed by atoms with E-state index in [0.717, 1.165) is 24.2 Å². The molecule has 0 aliphatic carbocycles. The topological polar surface area (TPSA) is 114 Å². The van der Waals surface area contributed by atoms with Crippen LogP contribution in [0, 0.1) is 5.41 Å². The van der Waals surface area contributed by atoms with Crippen molar-refractivity contribution in [1.29, 1.82) is 0 Å². The summed E-state index contributed by atoms with van der Waals surface area (Å²) >= 11 is 0. The van der Waals surface area contributed by atoms with Crippen molar-refractivity contribution in [3.05, 3.63) is 71.2 Å². The number of benzene rings is 1. The van der Waals surface area contributed by atoms with Gasteiger partial charge in [0.15, 0.2) is 0 Å². The first kappa shape index (κ1) is 24.1. The maximum Gasteiger partial charge on any atom is 0.324 e. The van der Waals surface area contributed by atoms with Crippen LogP contribution in [0.5, 0.6) is 0 Å². The highest BCUT2D eigenvalue weighted by Gasteiger charge is 2.55. The molecule has 9 nitrogen and oxygen atoms in total. The number of nitrogens with one attached hydrogen (secondary N) is 2. The SMILES string of the molecule is CC(C)c1ccc([C@](O)(c2cncc(-c3cc(CN4CC(=O)NC4=O)[nH]n3)c2)C2(C)CN(C)C2)cc1. The molecule has 1 atom stereocenters. The number of hydrogen-bond acceptors (Lipinski definition) is 6. The molecule has 3 N–H and O–H groups in total. The molecule has 5 rings (SSSR count). The summed E-state index contributed by atoms with van der Waals surface area (Å²) in [5.41, 5.74) is 3.24. The largest absolute Gasteiger partial charge is 0.380 e. The fourth-order valence-corrected chi connectivity index (χ4v) is 5.53. The van der Waals surface area contributed by atoms with Crippen molar-refractivity contribution in [1.82, 2.24) is 30.3 Å².